The molecular formula is C61H72F2O8. The summed E-state index contributed by atoms with van der Waals surface area (Å²) in [5.41, 5.74) is 8.39. The van der Waals surface area contributed by atoms with Crippen LogP contribution in [0, 0.1) is 11.6 Å². The third kappa shape index (κ3) is 15.7. The Balaban J connectivity index is 0.000000264. The van der Waals surface area contributed by atoms with Gasteiger partial charge in [0.25, 0.3) is 0 Å². The van der Waals surface area contributed by atoms with E-state index < -0.39 is 5.97 Å². The minimum atomic E-state index is -0.786. The Kier molecular flexibility index (Phi) is 19.8. The topological polar surface area (TPSA) is 101 Å². The van der Waals surface area contributed by atoms with Crippen LogP contribution in [0.5, 0.6) is 23.0 Å². The first kappa shape index (κ1) is 55.2. The highest BCUT2D eigenvalue weighted by Crippen LogP contribution is 2.39. The number of carboxylic acid groups (broad SMARTS) is 1. The van der Waals surface area contributed by atoms with Gasteiger partial charge in [-0.05, 0) is 153 Å². The minimum absolute atomic E-state index is 0.00295. The Morgan fingerprint density at radius 1 is 0.507 bits per heavy atom. The van der Waals surface area contributed by atoms with Crippen LogP contribution in [0.1, 0.15) is 139 Å². The molecule has 0 spiro atoms. The second kappa shape index (κ2) is 25.4. The summed E-state index contributed by atoms with van der Waals surface area (Å²) in [5.74, 6) is 1.21. The number of carbonyl (C=O) groups excluding carboxylic acids is 1. The van der Waals surface area contributed by atoms with Crippen LogP contribution < -0.4 is 18.9 Å². The molecule has 8 nitrogen and oxygen atoms in total. The summed E-state index contributed by atoms with van der Waals surface area (Å²) in [4.78, 5) is 23.0. The van der Waals surface area contributed by atoms with Crippen molar-refractivity contribution >= 4 is 11.9 Å². The number of aliphatic carboxylic acids is 1. The van der Waals surface area contributed by atoms with E-state index in [2.05, 4.69) is 61.5 Å². The second-order valence-corrected chi connectivity index (χ2v) is 20.0. The second-order valence-electron chi connectivity index (χ2n) is 20.0. The van der Waals surface area contributed by atoms with E-state index in [4.69, 9.17) is 23.7 Å². The van der Waals surface area contributed by atoms with Crippen molar-refractivity contribution in [2.24, 2.45) is 0 Å². The molecule has 6 rings (SSSR count). The molecule has 71 heavy (non-hydrogen) atoms. The van der Waals surface area contributed by atoms with Crippen molar-refractivity contribution in [2.75, 3.05) is 21.3 Å². The summed E-state index contributed by atoms with van der Waals surface area (Å²) < 4.78 is 57.4. The SMILES string of the molecule is CCC[C@H](CC(=O)O)c1ccc(OCc2ccc(C(C)(C)C)c(-c3cc(OC)ccc3F)c2)cc1.CCC[C@H](CC(=O)OC)c1ccc(OCc2ccc(C(C)(C)C)c(-c3cc(OC)ccc3F)c2)cc1. The number of methoxy groups -OCH3 is 3. The molecule has 0 heterocycles. The maximum absolute atomic E-state index is 14.9. The Hall–Kier alpha value is -6.68. The maximum Gasteiger partial charge on any atom is 0.306 e. The normalized spacial score (nSPS) is 12.2. The van der Waals surface area contributed by atoms with Gasteiger partial charge in [-0.15, -0.1) is 0 Å². The van der Waals surface area contributed by atoms with E-state index in [1.807, 2.05) is 78.9 Å². The fraction of sp³-hybridized carbons (Fsp3) is 0.377. The molecule has 0 saturated carbocycles. The van der Waals surface area contributed by atoms with Crippen molar-refractivity contribution < 1.29 is 47.2 Å². The molecule has 2 atom stereocenters. The van der Waals surface area contributed by atoms with Gasteiger partial charge >= 0.3 is 11.9 Å². The van der Waals surface area contributed by atoms with Crippen LogP contribution in [0.2, 0.25) is 0 Å². The van der Waals surface area contributed by atoms with Gasteiger partial charge in [0.1, 0.15) is 47.8 Å². The Morgan fingerprint density at radius 3 is 1.23 bits per heavy atom. The molecule has 0 amide bonds. The van der Waals surface area contributed by atoms with Gasteiger partial charge < -0.3 is 28.8 Å². The predicted molar refractivity (Wildman–Crippen MR) is 280 cm³/mol. The highest BCUT2D eigenvalue weighted by Gasteiger charge is 2.24. The van der Waals surface area contributed by atoms with E-state index in [0.717, 1.165) is 75.9 Å². The van der Waals surface area contributed by atoms with Crippen LogP contribution in [0.4, 0.5) is 8.78 Å². The van der Waals surface area contributed by atoms with Gasteiger partial charge in [0.15, 0.2) is 0 Å². The number of carboxylic acids is 1. The lowest BCUT2D eigenvalue weighted by atomic mass is 9.81. The zero-order valence-electron chi connectivity index (χ0n) is 43.4. The van der Waals surface area contributed by atoms with Gasteiger partial charge in [0.05, 0.1) is 34.2 Å². The molecule has 0 unspecified atom stereocenters. The summed E-state index contributed by atoms with van der Waals surface area (Å²) in [6.07, 6.45) is 4.15. The molecule has 0 saturated heterocycles. The number of esters is 1. The first-order valence-corrected chi connectivity index (χ1v) is 24.5. The Labute approximate surface area is 420 Å². The van der Waals surface area contributed by atoms with Crippen molar-refractivity contribution in [3.63, 3.8) is 0 Å². The standard InChI is InChI=1S/C31H37FO4.C30H35FO4/c1-7-8-23(18-30(33)35-6)22-10-12-24(13-11-22)36-20-21-9-15-28(31(2,3)4)26(17-21)27-19-25(34-5)14-16-29(27)32;1-6-7-22(17-29(32)33)21-9-11-23(12-10-21)35-19-20-8-14-27(30(2,3)4)25(16-20)26-18-24(34-5)13-15-28(26)31/h9-17,19,23H,7-8,18,20H2,1-6H3;8-16,18,22H,6-7,17,19H2,1-5H3,(H,32,33)/t23-;22-/m11/s1. The molecule has 0 aliphatic carbocycles. The molecule has 1 N–H and O–H groups in total. The lowest BCUT2D eigenvalue weighted by molar-refractivity contribution is -0.141. The zero-order valence-corrected chi connectivity index (χ0v) is 43.4. The van der Waals surface area contributed by atoms with Crippen LogP contribution in [-0.4, -0.2) is 38.4 Å². The number of benzene rings is 6. The van der Waals surface area contributed by atoms with E-state index in [1.165, 1.54) is 19.2 Å². The molecule has 0 aliphatic rings. The fourth-order valence-electron chi connectivity index (χ4n) is 8.76. The van der Waals surface area contributed by atoms with Gasteiger partial charge in [-0.3, -0.25) is 9.59 Å². The Bertz CT molecular complexity index is 2680. The van der Waals surface area contributed by atoms with Gasteiger partial charge in [0, 0.05) is 11.1 Å². The predicted octanol–water partition coefficient (Wildman–Crippen LogP) is 15.6. The molecule has 0 aliphatic heterocycles. The summed E-state index contributed by atoms with van der Waals surface area (Å²) in [6.45, 7) is 17.5. The number of carbonyl (C=O) groups is 2. The average Bonchev–Trinajstić information content (AvgIpc) is 3.34. The fourth-order valence-corrected chi connectivity index (χ4v) is 8.76. The number of halogens is 2. The maximum atomic E-state index is 14.9. The van der Waals surface area contributed by atoms with Crippen LogP contribution in [0.3, 0.4) is 0 Å². The smallest absolute Gasteiger partial charge is 0.306 e. The van der Waals surface area contributed by atoms with Gasteiger partial charge in [-0.2, -0.15) is 0 Å². The molecular weight excluding hydrogens is 899 g/mol. The number of ether oxygens (including phenoxy) is 5. The number of hydrogen-bond donors (Lipinski definition) is 1. The highest BCUT2D eigenvalue weighted by atomic mass is 19.1. The summed E-state index contributed by atoms with van der Waals surface area (Å²) >= 11 is 0. The summed E-state index contributed by atoms with van der Waals surface area (Å²) in [7, 11) is 4.57. The molecule has 10 heteroatoms. The monoisotopic (exact) mass is 971 g/mol. The summed E-state index contributed by atoms with van der Waals surface area (Å²) in [6, 6.07) is 37.2. The van der Waals surface area contributed by atoms with E-state index in [1.54, 1.807) is 38.5 Å². The third-order valence-electron chi connectivity index (χ3n) is 12.6. The van der Waals surface area contributed by atoms with E-state index in [0.29, 0.717) is 48.0 Å². The van der Waals surface area contributed by atoms with E-state index in [-0.39, 0.29) is 46.7 Å². The highest BCUT2D eigenvalue weighted by molar-refractivity contribution is 5.73. The van der Waals surface area contributed by atoms with Gasteiger partial charge in [-0.1, -0.05) is 117 Å². The van der Waals surface area contributed by atoms with Crippen LogP contribution in [0.25, 0.3) is 22.3 Å². The molecule has 6 aromatic carbocycles. The minimum Gasteiger partial charge on any atom is -0.497 e. The first-order chi connectivity index (χ1) is 33.8. The number of hydrogen-bond acceptors (Lipinski definition) is 7. The van der Waals surface area contributed by atoms with Crippen LogP contribution in [-0.2, 0) is 38.4 Å². The van der Waals surface area contributed by atoms with Crippen molar-refractivity contribution in [2.45, 2.75) is 130 Å². The lowest BCUT2D eigenvalue weighted by Gasteiger charge is -2.24. The van der Waals surface area contributed by atoms with Crippen molar-refractivity contribution in [1.29, 1.82) is 0 Å². The third-order valence-corrected chi connectivity index (χ3v) is 12.6. The van der Waals surface area contributed by atoms with E-state index >= 15 is 0 Å². The average molecular weight is 971 g/mol. The molecule has 378 valence electrons. The lowest BCUT2D eigenvalue weighted by Crippen LogP contribution is -2.13. The molecule has 0 radical (unpaired) electrons. The first-order valence-electron chi connectivity index (χ1n) is 24.5. The zero-order chi connectivity index (χ0) is 51.9. The van der Waals surface area contributed by atoms with E-state index in [9.17, 15) is 23.5 Å². The molecule has 6 aromatic rings. The number of rotatable bonds is 20. The van der Waals surface area contributed by atoms with Crippen molar-refractivity contribution in [3.8, 4) is 45.3 Å². The molecule has 0 bridgehead atoms. The van der Waals surface area contributed by atoms with Gasteiger partial charge in [-0.25, -0.2) is 8.78 Å². The quantitative estimate of drug-likeness (QED) is 0.0755. The van der Waals surface area contributed by atoms with Crippen LogP contribution >= 0.6 is 0 Å². The Morgan fingerprint density at radius 2 is 0.887 bits per heavy atom. The van der Waals surface area contributed by atoms with Crippen molar-refractivity contribution in [1.82, 2.24) is 0 Å². The van der Waals surface area contributed by atoms with Gasteiger partial charge in [0.2, 0.25) is 0 Å². The summed E-state index contributed by atoms with van der Waals surface area (Å²) in [5, 5.41) is 9.20. The largest absolute Gasteiger partial charge is 0.497 e. The molecule has 0 aromatic heterocycles. The molecule has 0 fully saturated rings. The van der Waals surface area contributed by atoms with Crippen LogP contribution in [0.15, 0.2) is 121 Å². The van der Waals surface area contributed by atoms with Crippen molar-refractivity contribution in [3.05, 3.63) is 166 Å².